The zero-order valence-corrected chi connectivity index (χ0v) is 11.5. The number of amides is 1. The molecule has 1 aromatic rings. The maximum absolute atomic E-state index is 12.1. The normalized spacial score (nSPS) is 22.3. The molecule has 1 aromatic carbocycles. The van der Waals surface area contributed by atoms with Gasteiger partial charge in [-0.05, 0) is 18.6 Å². The average Bonchev–Trinajstić information content (AvgIpc) is 2.85. The summed E-state index contributed by atoms with van der Waals surface area (Å²) in [6.07, 6.45) is 0.526. The first-order chi connectivity index (χ1) is 9.07. The lowest BCUT2D eigenvalue weighted by atomic mass is 9.99. The Hall–Kier alpha value is -1.30. The maximum atomic E-state index is 12.1. The van der Waals surface area contributed by atoms with Crippen molar-refractivity contribution in [2.24, 2.45) is 5.73 Å². The van der Waals surface area contributed by atoms with Gasteiger partial charge in [-0.25, -0.2) is 0 Å². The highest BCUT2D eigenvalue weighted by atomic mass is 35.5. The van der Waals surface area contributed by atoms with E-state index in [9.17, 15) is 4.79 Å². The molecular formula is C13H17ClN2O3. The molecule has 1 heterocycles. The van der Waals surface area contributed by atoms with Crippen LogP contribution in [0.4, 0.5) is 0 Å². The van der Waals surface area contributed by atoms with Crippen LogP contribution in [0, 0.1) is 0 Å². The van der Waals surface area contributed by atoms with Crippen LogP contribution < -0.4 is 15.8 Å². The molecule has 0 saturated carbocycles. The van der Waals surface area contributed by atoms with Crippen molar-refractivity contribution >= 4 is 17.5 Å². The van der Waals surface area contributed by atoms with Gasteiger partial charge in [-0.3, -0.25) is 4.79 Å². The van der Waals surface area contributed by atoms with Crippen molar-refractivity contribution in [2.45, 2.75) is 18.5 Å². The van der Waals surface area contributed by atoms with Gasteiger partial charge < -0.3 is 20.5 Å². The Morgan fingerprint density at radius 2 is 2.42 bits per heavy atom. The average molecular weight is 285 g/mol. The molecule has 1 atom stereocenters. The largest absolute Gasteiger partial charge is 0.496 e. The molecular weight excluding hydrogens is 268 g/mol. The first-order valence-corrected chi connectivity index (χ1v) is 6.41. The van der Waals surface area contributed by atoms with E-state index in [4.69, 9.17) is 26.8 Å². The maximum Gasteiger partial charge on any atom is 0.242 e. The number of benzene rings is 1. The lowest BCUT2D eigenvalue weighted by Crippen LogP contribution is -2.54. The van der Waals surface area contributed by atoms with Crippen LogP contribution in [0.3, 0.4) is 0 Å². The zero-order valence-electron chi connectivity index (χ0n) is 10.7. The van der Waals surface area contributed by atoms with Gasteiger partial charge in [-0.1, -0.05) is 17.7 Å². The fourth-order valence-electron chi connectivity index (χ4n) is 2.01. The molecule has 5 nitrogen and oxygen atoms in total. The first kappa shape index (κ1) is 14.1. The fraction of sp³-hybridized carbons (Fsp3) is 0.462. The third-order valence-electron chi connectivity index (χ3n) is 3.23. The minimum Gasteiger partial charge on any atom is -0.496 e. The summed E-state index contributed by atoms with van der Waals surface area (Å²) in [5.41, 5.74) is 5.78. The number of carbonyl (C=O) groups is 1. The number of halogens is 1. The molecule has 0 spiro atoms. The van der Waals surface area contributed by atoms with Crippen molar-refractivity contribution in [1.29, 1.82) is 0 Å². The van der Waals surface area contributed by atoms with Gasteiger partial charge in [-0.15, -0.1) is 0 Å². The summed E-state index contributed by atoms with van der Waals surface area (Å²) in [6.45, 7) is 1.04. The molecule has 1 unspecified atom stereocenters. The Morgan fingerprint density at radius 1 is 1.63 bits per heavy atom. The predicted molar refractivity (Wildman–Crippen MR) is 72.2 cm³/mol. The highest BCUT2D eigenvalue weighted by molar-refractivity contribution is 6.31. The SMILES string of the molecule is COc1cccc(Cl)c1CNC(=O)C1(N)CCOC1. The van der Waals surface area contributed by atoms with E-state index in [1.165, 1.54) is 0 Å². The Labute approximate surface area is 117 Å². The summed E-state index contributed by atoms with van der Waals surface area (Å²) >= 11 is 6.10. The van der Waals surface area contributed by atoms with Crippen LogP contribution in [-0.4, -0.2) is 31.8 Å². The van der Waals surface area contributed by atoms with E-state index in [0.717, 1.165) is 5.56 Å². The highest BCUT2D eigenvalue weighted by Crippen LogP contribution is 2.26. The summed E-state index contributed by atoms with van der Waals surface area (Å²) < 4.78 is 10.4. The second-order valence-corrected chi connectivity index (χ2v) is 4.97. The Morgan fingerprint density at radius 3 is 3.05 bits per heavy atom. The molecule has 1 aliphatic heterocycles. The minimum atomic E-state index is -0.936. The van der Waals surface area contributed by atoms with Gasteiger partial charge in [0.2, 0.25) is 5.91 Å². The summed E-state index contributed by atoms with van der Waals surface area (Å²) in [6, 6.07) is 5.34. The Balaban J connectivity index is 2.05. The summed E-state index contributed by atoms with van der Waals surface area (Å²) in [5.74, 6) is 0.411. The van der Waals surface area contributed by atoms with Crippen LogP contribution in [0.15, 0.2) is 18.2 Å². The summed E-state index contributed by atoms with van der Waals surface area (Å²) in [4.78, 5) is 12.1. The smallest absolute Gasteiger partial charge is 0.242 e. The standard InChI is InChI=1S/C13H17ClN2O3/c1-18-11-4-2-3-10(14)9(11)7-16-12(17)13(15)5-6-19-8-13/h2-4H,5-8,15H2,1H3,(H,16,17). The number of nitrogens with two attached hydrogens (primary N) is 1. The number of methoxy groups -OCH3 is 1. The van der Waals surface area contributed by atoms with E-state index in [-0.39, 0.29) is 19.1 Å². The lowest BCUT2D eigenvalue weighted by Gasteiger charge is -2.21. The van der Waals surface area contributed by atoms with Crippen molar-refractivity contribution in [1.82, 2.24) is 5.32 Å². The van der Waals surface area contributed by atoms with E-state index >= 15 is 0 Å². The van der Waals surface area contributed by atoms with Gasteiger partial charge in [0.25, 0.3) is 0 Å². The highest BCUT2D eigenvalue weighted by Gasteiger charge is 2.38. The monoisotopic (exact) mass is 284 g/mol. The lowest BCUT2D eigenvalue weighted by molar-refractivity contribution is -0.126. The van der Waals surface area contributed by atoms with Crippen LogP contribution in [0.25, 0.3) is 0 Å². The molecule has 1 saturated heterocycles. The first-order valence-electron chi connectivity index (χ1n) is 6.03. The number of carbonyl (C=O) groups excluding carboxylic acids is 1. The van der Waals surface area contributed by atoms with Gasteiger partial charge in [0.05, 0.1) is 13.7 Å². The molecule has 1 fully saturated rings. The van der Waals surface area contributed by atoms with E-state index in [0.29, 0.717) is 23.8 Å². The summed E-state index contributed by atoms with van der Waals surface area (Å²) in [5, 5.41) is 3.34. The fourth-order valence-corrected chi connectivity index (χ4v) is 2.24. The number of ether oxygens (including phenoxy) is 2. The Bertz CT molecular complexity index is 473. The van der Waals surface area contributed by atoms with Crippen molar-refractivity contribution in [3.8, 4) is 5.75 Å². The second-order valence-electron chi connectivity index (χ2n) is 4.56. The Kier molecular flexibility index (Phi) is 4.29. The van der Waals surface area contributed by atoms with Crippen molar-refractivity contribution in [3.63, 3.8) is 0 Å². The zero-order chi connectivity index (χ0) is 13.9. The van der Waals surface area contributed by atoms with Crippen molar-refractivity contribution in [2.75, 3.05) is 20.3 Å². The molecule has 3 N–H and O–H groups in total. The molecule has 2 rings (SSSR count). The third-order valence-corrected chi connectivity index (χ3v) is 3.58. The molecule has 0 aliphatic carbocycles. The molecule has 6 heteroatoms. The van der Waals surface area contributed by atoms with Gasteiger partial charge >= 0.3 is 0 Å². The molecule has 0 radical (unpaired) electrons. The minimum absolute atomic E-state index is 0.230. The van der Waals surface area contributed by atoms with E-state index in [1.54, 1.807) is 25.3 Å². The van der Waals surface area contributed by atoms with Gasteiger partial charge in [-0.2, -0.15) is 0 Å². The van der Waals surface area contributed by atoms with Gasteiger partial charge in [0.15, 0.2) is 0 Å². The summed E-state index contributed by atoms with van der Waals surface area (Å²) in [7, 11) is 1.56. The molecule has 104 valence electrons. The second kappa shape index (κ2) is 5.77. The van der Waals surface area contributed by atoms with E-state index in [2.05, 4.69) is 5.32 Å². The van der Waals surface area contributed by atoms with E-state index in [1.807, 2.05) is 0 Å². The van der Waals surface area contributed by atoms with Crippen LogP contribution >= 0.6 is 11.6 Å². The van der Waals surface area contributed by atoms with Crippen LogP contribution in [0.2, 0.25) is 5.02 Å². The quantitative estimate of drug-likeness (QED) is 0.868. The van der Waals surface area contributed by atoms with Gasteiger partial charge in [0.1, 0.15) is 11.3 Å². The molecule has 0 bridgehead atoms. The number of hydrogen-bond acceptors (Lipinski definition) is 4. The van der Waals surface area contributed by atoms with E-state index < -0.39 is 5.54 Å². The third kappa shape index (κ3) is 3.00. The number of hydrogen-bond donors (Lipinski definition) is 2. The van der Waals surface area contributed by atoms with Crippen LogP contribution in [-0.2, 0) is 16.1 Å². The van der Waals surface area contributed by atoms with Crippen LogP contribution in [0.1, 0.15) is 12.0 Å². The number of nitrogens with one attached hydrogen (secondary N) is 1. The number of rotatable bonds is 4. The topological polar surface area (TPSA) is 73.6 Å². The molecule has 0 aromatic heterocycles. The molecule has 1 aliphatic rings. The molecule has 19 heavy (non-hydrogen) atoms. The van der Waals surface area contributed by atoms with Gasteiger partial charge in [0, 0.05) is 23.7 Å². The predicted octanol–water partition coefficient (Wildman–Crippen LogP) is 1.08. The van der Waals surface area contributed by atoms with Crippen LogP contribution in [0.5, 0.6) is 5.75 Å². The molecule has 1 amide bonds. The van der Waals surface area contributed by atoms with Crippen molar-refractivity contribution < 1.29 is 14.3 Å². The van der Waals surface area contributed by atoms with Crippen molar-refractivity contribution in [3.05, 3.63) is 28.8 Å².